The molecule has 1 aromatic heterocycles. The van der Waals surface area contributed by atoms with E-state index in [4.69, 9.17) is 5.73 Å². The van der Waals surface area contributed by atoms with E-state index in [1.165, 1.54) is 29.5 Å². The van der Waals surface area contributed by atoms with Crippen molar-refractivity contribution in [3.63, 3.8) is 0 Å². The van der Waals surface area contributed by atoms with Crippen LogP contribution in [0.15, 0.2) is 29.6 Å². The minimum atomic E-state index is -0.552. The maximum atomic E-state index is 12.0. The Morgan fingerprint density at radius 3 is 2.80 bits per heavy atom. The van der Waals surface area contributed by atoms with Gasteiger partial charge in [-0.15, -0.1) is 11.3 Å². The van der Waals surface area contributed by atoms with Gasteiger partial charge in [0.2, 0.25) is 0 Å². The lowest BCUT2D eigenvalue weighted by Crippen LogP contribution is -2.14. The summed E-state index contributed by atoms with van der Waals surface area (Å²) in [6.45, 7) is 1.77. The third-order valence-corrected chi connectivity index (χ3v) is 3.54. The lowest BCUT2D eigenvalue weighted by atomic mass is 10.2. The Labute approximate surface area is 118 Å². The van der Waals surface area contributed by atoms with E-state index in [-0.39, 0.29) is 23.1 Å². The van der Waals surface area contributed by atoms with Gasteiger partial charge >= 0.3 is 0 Å². The van der Waals surface area contributed by atoms with Gasteiger partial charge in [-0.2, -0.15) is 0 Å². The highest BCUT2D eigenvalue weighted by molar-refractivity contribution is 7.09. The van der Waals surface area contributed by atoms with Crippen molar-refractivity contribution >= 4 is 28.6 Å². The first-order valence-electron chi connectivity index (χ1n) is 5.75. The fraction of sp³-hybridized carbons (Fsp3) is 0.167. The molecule has 20 heavy (non-hydrogen) atoms. The summed E-state index contributed by atoms with van der Waals surface area (Å²) in [5.74, 6) is -0.498. The van der Waals surface area contributed by atoms with Gasteiger partial charge in [-0.3, -0.25) is 14.9 Å². The monoisotopic (exact) mass is 292 g/mol. The van der Waals surface area contributed by atoms with Gasteiger partial charge in [0.25, 0.3) is 11.6 Å². The predicted molar refractivity (Wildman–Crippen MR) is 75.8 cm³/mol. The Kier molecular flexibility index (Phi) is 4.06. The van der Waals surface area contributed by atoms with E-state index in [1.807, 2.05) is 0 Å². The molecule has 1 atom stereocenters. The summed E-state index contributed by atoms with van der Waals surface area (Å²) in [7, 11) is 0. The lowest BCUT2D eigenvalue weighted by molar-refractivity contribution is -0.383. The van der Waals surface area contributed by atoms with Gasteiger partial charge in [-0.1, -0.05) is 12.1 Å². The molecule has 104 valence electrons. The molecule has 0 saturated carbocycles. The molecular weight excluding hydrogens is 280 g/mol. The number of anilines is 1. The zero-order valence-electron chi connectivity index (χ0n) is 10.6. The molecule has 2 rings (SSSR count). The number of hydrogen-bond donors (Lipinski definition) is 2. The quantitative estimate of drug-likeness (QED) is 0.663. The number of nitro benzene ring substituents is 1. The molecule has 0 spiro atoms. The first kappa shape index (κ1) is 14.1. The Morgan fingerprint density at radius 1 is 1.50 bits per heavy atom. The van der Waals surface area contributed by atoms with Gasteiger partial charge in [0.05, 0.1) is 11.0 Å². The van der Waals surface area contributed by atoms with Gasteiger partial charge in [0, 0.05) is 11.4 Å². The van der Waals surface area contributed by atoms with E-state index >= 15 is 0 Å². The Hall–Kier alpha value is -2.32. The van der Waals surface area contributed by atoms with Crippen molar-refractivity contribution in [3.05, 3.63) is 50.5 Å². The minimum absolute atomic E-state index is 0.137. The molecule has 3 N–H and O–H groups in total. The molecular formula is C12H12N4O3S. The largest absolute Gasteiger partial charge is 0.322 e. The summed E-state index contributed by atoms with van der Waals surface area (Å²) in [6, 6.07) is 5.67. The first-order chi connectivity index (χ1) is 9.49. The fourth-order valence-corrected chi connectivity index (χ4v) is 2.28. The predicted octanol–water partition coefficient (Wildman–Crippen LogP) is 2.32. The first-order valence-corrected chi connectivity index (χ1v) is 6.62. The number of nitrogens with two attached hydrogens (primary N) is 1. The smallest absolute Gasteiger partial charge is 0.292 e. The molecule has 0 saturated heterocycles. The van der Waals surface area contributed by atoms with E-state index in [0.29, 0.717) is 5.01 Å². The van der Waals surface area contributed by atoms with Crippen LogP contribution < -0.4 is 11.1 Å². The average molecular weight is 292 g/mol. The minimum Gasteiger partial charge on any atom is -0.322 e. The summed E-state index contributed by atoms with van der Waals surface area (Å²) in [4.78, 5) is 26.4. The maximum Gasteiger partial charge on any atom is 0.292 e. The number of thiazole rings is 1. The summed E-state index contributed by atoms with van der Waals surface area (Å²) in [6.07, 6.45) is 0. The fourth-order valence-electron chi connectivity index (χ4n) is 1.53. The maximum absolute atomic E-state index is 12.0. The van der Waals surface area contributed by atoms with Gasteiger partial charge in [-0.25, -0.2) is 4.98 Å². The van der Waals surface area contributed by atoms with Gasteiger partial charge in [-0.05, 0) is 13.0 Å². The van der Waals surface area contributed by atoms with Crippen molar-refractivity contribution in [3.8, 4) is 0 Å². The Morgan fingerprint density at radius 2 is 2.20 bits per heavy atom. The number of amides is 1. The molecule has 0 radical (unpaired) electrons. The van der Waals surface area contributed by atoms with Gasteiger partial charge in [0.1, 0.15) is 16.4 Å². The number of carbonyl (C=O) groups is 1. The Balaban J connectivity index is 2.21. The normalized spacial score (nSPS) is 11.9. The summed E-state index contributed by atoms with van der Waals surface area (Å²) in [5, 5.41) is 15.5. The molecule has 8 heteroatoms. The van der Waals surface area contributed by atoms with Crippen molar-refractivity contribution < 1.29 is 9.72 Å². The van der Waals surface area contributed by atoms with Gasteiger partial charge in [0.15, 0.2) is 0 Å². The number of para-hydroxylation sites is 2. The highest BCUT2D eigenvalue weighted by atomic mass is 32.1. The SMILES string of the molecule is CC(N)c1nc(C(=O)Nc2ccccc2[N+](=O)[O-])cs1. The summed E-state index contributed by atoms with van der Waals surface area (Å²) >= 11 is 1.28. The molecule has 0 fully saturated rings. The molecule has 1 unspecified atom stereocenters. The Bertz CT molecular complexity index is 654. The number of hydrogen-bond acceptors (Lipinski definition) is 6. The number of aromatic nitrogens is 1. The van der Waals surface area contributed by atoms with Crippen LogP contribution in [0.25, 0.3) is 0 Å². The van der Waals surface area contributed by atoms with Crippen LogP contribution in [0.5, 0.6) is 0 Å². The second kappa shape index (κ2) is 5.76. The third kappa shape index (κ3) is 2.98. The molecule has 7 nitrogen and oxygen atoms in total. The summed E-state index contributed by atoms with van der Waals surface area (Å²) < 4.78 is 0. The van der Waals surface area contributed by atoms with Crippen molar-refractivity contribution in [2.24, 2.45) is 5.73 Å². The summed E-state index contributed by atoms with van der Waals surface area (Å²) in [5.41, 5.74) is 5.84. The van der Waals surface area contributed by atoms with Crippen LogP contribution in [0.4, 0.5) is 11.4 Å². The zero-order valence-corrected chi connectivity index (χ0v) is 11.4. The molecule has 1 aromatic carbocycles. The standard InChI is InChI=1S/C12H12N4O3S/c1-7(13)12-15-9(6-20-12)11(17)14-8-4-2-3-5-10(8)16(18)19/h2-7H,13H2,1H3,(H,14,17). The van der Waals surface area contributed by atoms with Crippen LogP contribution in [0.2, 0.25) is 0 Å². The van der Waals surface area contributed by atoms with E-state index in [1.54, 1.807) is 18.4 Å². The van der Waals surface area contributed by atoms with Crippen molar-refractivity contribution in [1.29, 1.82) is 0 Å². The van der Waals surface area contributed by atoms with Crippen LogP contribution in [0.1, 0.15) is 28.5 Å². The van der Waals surface area contributed by atoms with Crippen LogP contribution in [-0.4, -0.2) is 15.8 Å². The molecule has 0 bridgehead atoms. The number of benzene rings is 1. The molecule has 1 amide bonds. The number of nitro groups is 1. The average Bonchev–Trinajstić information content (AvgIpc) is 2.89. The molecule has 2 aromatic rings. The molecule has 1 heterocycles. The van der Waals surface area contributed by atoms with E-state index in [0.717, 1.165) is 0 Å². The van der Waals surface area contributed by atoms with Crippen LogP contribution >= 0.6 is 11.3 Å². The highest BCUT2D eigenvalue weighted by Gasteiger charge is 2.18. The lowest BCUT2D eigenvalue weighted by Gasteiger charge is -2.03. The van der Waals surface area contributed by atoms with Crippen molar-refractivity contribution in [2.45, 2.75) is 13.0 Å². The van der Waals surface area contributed by atoms with Crippen LogP contribution in [0.3, 0.4) is 0 Å². The van der Waals surface area contributed by atoms with Crippen LogP contribution in [-0.2, 0) is 0 Å². The molecule has 0 aliphatic rings. The number of nitrogens with one attached hydrogen (secondary N) is 1. The highest BCUT2D eigenvalue weighted by Crippen LogP contribution is 2.24. The molecule has 0 aliphatic carbocycles. The molecule has 0 aliphatic heterocycles. The van der Waals surface area contributed by atoms with E-state index in [2.05, 4.69) is 10.3 Å². The topological polar surface area (TPSA) is 111 Å². The number of nitrogens with zero attached hydrogens (tertiary/aromatic N) is 2. The third-order valence-electron chi connectivity index (χ3n) is 2.49. The number of rotatable bonds is 4. The van der Waals surface area contributed by atoms with E-state index in [9.17, 15) is 14.9 Å². The van der Waals surface area contributed by atoms with Crippen LogP contribution in [0, 0.1) is 10.1 Å². The van der Waals surface area contributed by atoms with Gasteiger partial charge < -0.3 is 11.1 Å². The second-order valence-electron chi connectivity index (χ2n) is 4.09. The second-order valence-corrected chi connectivity index (χ2v) is 4.98. The zero-order chi connectivity index (χ0) is 14.7. The number of carbonyl (C=O) groups excluding carboxylic acids is 1. The van der Waals surface area contributed by atoms with Crippen molar-refractivity contribution in [2.75, 3.05) is 5.32 Å². The van der Waals surface area contributed by atoms with Crippen molar-refractivity contribution in [1.82, 2.24) is 4.98 Å². The van der Waals surface area contributed by atoms with E-state index < -0.39 is 10.8 Å².